The van der Waals surface area contributed by atoms with Gasteiger partial charge in [0.15, 0.2) is 0 Å². The van der Waals surface area contributed by atoms with E-state index in [-0.39, 0.29) is 18.0 Å². The molecule has 0 saturated carbocycles. The smallest absolute Gasteiger partial charge is 0.253 e. The van der Waals surface area contributed by atoms with Crippen LogP contribution in [-0.4, -0.2) is 99.4 Å². The minimum Gasteiger partial charge on any atom is -0.369 e. The van der Waals surface area contributed by atoms with Crippen LogP contribution in [0.25, 0.3) is 11.1 Å². The number of likely N-dealkylation sites (tertiary alicyclic amines) is 1. The highest BCUT2D eigenvalue weighted by Crippen LogP contribution is 2.36. The maximum Gasteiger partial charge on any atom is 0.253 e. The summed E-state index contributed by atoms with van der Waals surface area (Å²) in [6.07, 6.45) is 8.51. The Balaban J connectivity index is 1.13. The minimum atomic E-state index is 0.0210. The molecular formula is C32H40N6O. The number of rotatable bonds is 5. The van der Waals surface area contributed by atoms with Crippen LogP contribution in [-0.2, 0) is 0 Å². The second kappa shape index (κ2) is 11.0. The molecule has 1 N–H and O–H groups in total. The van der Waals surface area contributed by atoms with E-state index in [9.17, 15) is 4.79 Å². The Morgan fingerprint density at radius 2 is 1.56 bits per heavy atom. The molecule has 0 bridgehead atoms. The fraction of sp³-hybridized carbons (Fsp3) is 0.438. The molecule has 4 heterocycles. The van der Waals surface area contributed by atoms with E-state index in [1.807, 2.05) is 23.2 Å². The maximum atomic E-state index is 13.1. The summed E-state index contributed by atoms with van der Waals surface area (Å²) in [5.41, 5.74) is 6.76. The van der Waals surface area contributed by atoms with E-state index < -0.39 is 0 Å². The molecule has 0 radical (unpaired) electrons. The van der Waals surface area contributed by atoms with Crippen molar-refractivity contribution in [2.45, 2.75) is 25.0 Å². The number of piperidine rings is 1. The van der Waals surface area contributed by atoms with Crippen molar-refractivity contribution in [2.24, 2.45) is 10.9 Å². The number of anilines is 1. The topological polar surface area (TPSA) is 54.4 Å². The Labute approximate surface area is 232 Å². The van der Waals surface area contributed by atoms with E-state index in [0.29, 0.717) is 6.04 Å². The molecule has 1 amide bonds. The summed E-state index contributed by atoms with van der Waals surface area (Å²) in [5, 5.41) is 3.44. The van der Waals surface area contributed by atoms with Gasteiger partial charge in [-0.15, -0.1) is 0 Å². The van der Waals surface area contributed by atoms with E-state index in [1.165, 1.54) is 16.8 Å². The zero-order chi connectivity index (χ0) is 26.9. The molecule has 4 aliphatic heterocycles. The third kappa shape index (κ3) is 5.38. The molecule has 204 valence electrons. The Kier molecular flexibility index (Phi) is 7.28. The standard InChI is InChI=1S/C32H40N6O/c1-35(2)27-12-14-38(15-13-27)32(39)25-6-4-24(5-7-25)30-22-34-31-29(30)20-26(21-33-31)23-8-10-28(11-9-23)37-18-16-36(3)17-19-37/h4-11,20-22,27,29,31,34H,12-19H2,1-3H3. The molecule has 0 aliphatic carbocycles. The number of likely N-dealkylation sites (N-methyl/N-ethyl adjacent to an activating group) is 1. The van der Waals surface area contributed by atoms with Crippen molar-refractivity contribution < 1.29 is 4.79 Å². The summed E-state index contributed by atoms with van der Waals surface area (Å²) >= 11 is 0. The van der Waals surface area contributed by atoms with Gasteiger partial charge >= 0.3 is 0 Å². The van der Waals surface area contributed by atoms with Crippen molar-refractivity contribution in [3.05, 3.63) is 77.5 Å². The van der Waals surface area contributed by atoms with Crippen LogP contribution in [0.2, 0.25) is 0 Å². The first kappa shape index (κ1) is 25.8. The number of allylic oxidation sites excluding steroid dienone is 1. The molecule has 39 heavy (non-hydrogen) atoms. The number of aliphatic imine (C=N–C) groups is 1. The van der Waals surface area contributed by atoms with Crippen LogP contribution < -0.4 is 10.2 Å². The number of benzene rings is 2. The molecule has 2 unspecified atom stereocenters. The highest BCUT2D eigenvalue weighted by molar-refractivity contribution is 6.11. The molecule has 4 aliphatic rings. The van der Waals surface area contributed by atoms with Gasteiger partial charge in [0.25, 0.3) is 5.91 Å². The number of nitrogens with one attached hydrogen (secondary N) is 1. The van der Waals surface area contributed by atoms with E-state index in [2.05, 4.69) is 89.8 Å². The molecule has 6 rings (SSSR count). The van der Waals surface area contributed by atoms with Gasteiger partial charge in [0.05, 0.1) is 0 Å². The number of carbonyl (C=O) groups excluding carboxylic acids is 1. The Morgan fingerprint density at radius 1 is 0.897 bits per heavy atom. The lowest BCUT2D eigenvalue weighted by Gasteiger charge is -2.35. The molecule has 2 aromatic carbocycles. The van der Waals surface area contributed by atoms with Gasteiger partial charge in [0.1, 0.15) is 6.17 Å². The monoisotopic (exact) mass is 524 g/mol. The number of piperazine rings is 1. The average Bonchev–Trinajstić information content (AvgIpc) is 3.41. The lowest BCUT2D eigenvalue weighted by atomic mass is 9.88. The largest absolute Gasteiger partial charge is 0.369 e. The second-order valence-corrected chi connectivity index (χ2v) is 11.5. The highest BCUT2D eigenvalue weighted by atomic mass is 16.2. The number of carbonyl (C=O) groups is 1. The van der Waals surface area contributed by atoms with Gasteiger partial charge in [-0.3, -0.25) is 9.79 Å². The molecule has 2 fully saturated rings. The lowest BCUT2D eigenvalue weighted by molar-refractivity contribution is 0.0663. The Bertz CT molecular complexity index is 1260. The fourth-order valence-electron chi connectivity index (χ4n) is 6.21. The summed E-state index contributed by atoms with van der Waals surface area (Å²) in [5.74, 6) is 0.300. The van der Waals surface area contributed by atoms with Gasteiger partial charge in [-0.2, -0.15) is 0 Å². The molecule has 7 nitrogen and oxygen atoms in total. The first-order chi connectivity index (χ1) is 19.0. The van der Waals surface area contributed by atoms with Gasteiger partial charge in [0, 0.05) is 74.9 Å². The van der Waals surface area contributed by atoms with Gasteiger partial charge in [0.2, 0.25) is 0 Å². The first-order valence-electron chi connectivity index (χ1n) is 14.3. The zero-order valence-electron chi connectivity index (χ0n) is 23.4. The van der Waals surface area contributed by atoms with E-state index >= 15 is 0 Å². The van der Waals surface area contributed by atoms with Crippen LogP contribution in [0.15, 0.2) is 65.8 Å². The molecule has 0 spiro atoms. The normalized spacial score (nSPS) is 23.9. The van der Waals surface area contributed by atoms with Crippen LogP contribution in [0.1, 0.15) is 34.3 Å². The fourth-order valence-corrected chi connectivity index (χ4v) is 6.21. The zero-order valence-corrected chi connectivity index (χ0v) is 23.4. The molecule has 7 heteroatoms. The molecule has 0 aromatic heterocycles. The second-order valence-electron chi connectivity index (χ2n) is 11.5. The van der Waals surface area contributed by atoms with Crippen molar-refractivity contribution in [3.63, 3.8) is 0 Å². The number of dihydropyridines is 1. The third-order valence-electron chi connectivity index (χ3n) is 8.86. The van der Waals surface area contributed by atoms with Crippen LogP contribution in [0.5, 0.6) is 0 Å². The summed E-state index contributed by atoms with van der Waals surface area (Å²) < 4.78 is 0. The first-order valence-corrected chi connectivity index (χ1v) is 14.3. The lowest BCUT2D eigenvalue weighted by Crippen LogP contribution is -2.44. The minimum absolute atomic E-state index is 0.0210. The molecule has 2 saturated heterocycles. The van der Waals surface area contributed by atoms with Crippen LogP contribution >= 0.6 is 0 Å². The number of hydrogen-bond donors (Lipinski definition) is 1. The summed E-state index contributed by atoms with van der Waals surface area (Å²) in [6.45, 7) is 6.00. The highest BCUT2D eigenvalue weighted by Gasteiger charge is 2.31. The van der Waals surface area contributed by atoms with E-state index in [1.54, 1.807) is 0 Å². The van der Waals surface area contributed by atoms with Gasteiger partial charge in [-0.05, 0) is 80.5 Å². The van der Waals surface area contributed by atoms with Crippen LogP contribution in [0, 0.1) is 5.92 Å². The predicted molar refractivity (Wildman–Crippen MR) is 160 cm³/mol. The van der Waals surface area contributed by atoms with Crippen molar-refractivity contribution in [1.29, 1.82) is 0 Å². The van der Waals surface area contributed by atoms with Crippen LogP contribution in [0.4, 0.5) is 5.69 Å². The Morgan fingerprint density at radius 3 is 2.23 bits per heavy atom. The predicted octanol–water partition coefficient (Wildman–Crippen LogP) is 3.66. The van der Waals surface area contributed by atoms with Gasteiger partial charge in [-0.25, -0.2) is 0 Å². The molecular weight excluding hydrogens is 484 g/mol. The SMILES string of the molecule is CN1CCN(c2ccc(C3=CC4C(c5ccc(C(=O)N6CCC(N(C)C)CC6)cc5)=CNC4N=C3)cc2)CC1. The van der Waals surface area contributed by atoms with Crippen LogP contribution in [0.3, 0.4) is 0 Å². The average molecular weight is 525 g/mol. The van der Waals surface area contributed by atoms with E-state index in [4.69, 9.17) is 4.99 Å². The number of amides is 1. The maximum absolute atomic E-state index is 13.1. The van der Waals surface area contributed by atoms with Gasteiger partial charge < -0.3 is 24.9 Å². The quantitative estimate of drug-likeness (QED) is 0.647. The van der Waals surface area contributed by atoms with Crippen molar-refractivity contribution in [1.82, 2.24) is 20.0 Å². The number of nitrogens with zero attached hydrogens (tertiary/aromatic N) is 5. The van der Waals surface area contributed by atoms with Gasteiger partial charge in [-0.1, -0.05) is 30.3 Å². The third-order valence-corrected chi connectivity index (χ3v) is 8.86. The van der Waals surface area contributed by atoms with E-state index in [0.717, 1.165) is 68.8 Å². The summed E-state index contributed by atoms with van der Waals surface area (Å²) in [4.78, 5) is 27.1. The van der Waals surface area contributed by atoms with Crippen molar-refractivity contribution in [2.75, 3.05) is 65.3 Å². The summed E-state index contributed by atoms with van der Waals surface area (Å²) in [6, 6.07) is 17.6. The number of hydrogen-bond acceptors (Lipinski definition) is 6. The van der Waals surface area contributed by atoms with Crippen molar-refractivity contribution >= 4 is 29.0 Å². The van der Waals surface area contributed by atoms with Crippen molar-refractivity contribution in [3.8, 4) is 0 Å². The molecule has 2 atom stereocenters. The summed E-state index contributed by atoms with van der Waals surface area (Å²) in [7, 11) is 6.44. The Hall–Kier alpha value is -3.42. The number of fused-ring (bicyclic) bond motifs is 1. The molecule has 2 aromatic rings.